The Bertz CT molecular complexity index is 290. The lowest BCUT2D eigenvalue weighted by atomic mass is 10.1. The summed E-state index contributed by atoms with van der Waals surface area (Å²) in [7, 11) is -2.77. The van der Waals surface area contributed by atoms with Gasteiger partial charge in [0.05, 0.1) is 11.5 Å². The topological polar surface area (TPSA) is 37.4 Å². The number of hydrogen-bond donors (Lipinski definition) is 1. The van der Waals surface area contributed by atoms with E-state index in [0.717, 1.165) is 25.3 Å². The molecule has 0 bridgehead atoms. The highest BCUT2D eigenvalue weighted by Gasteiger charge is 2.20. The fourth-order valence-electron chi connectivity index (χ4n) is 2.19. The van der Waals surface area contributed by atoms with E-state index in [-0.39, 0.29) is 0 Å². The highest BCUT2D eigenvalue weighted by Crippen LogP contribution is 2.13. The molecule has 1 saturated heterocycles. The van der Waals surface area contributed by atoms with Gasteiger partial charge in [0, 0.05) is 13.1 Å². The minimum atomic E-state index is -2.77. The fraction of sp³-hybridized carbons (Fsp3) is 1.00. The third-order valence-electron chi connectivity index (χ3n) is 3.12. The largest absolute Gasteiger partial charge is 0.302 e. The van der Waals surface area contributed by atoms with Crippen molar-refractivity contribution in [3.05, 3.63) is 0 Å². The minimum Gasteiger partial charge on any atom is -0.302 e. The van der Waals surface area contributed by atoms with Crippen LogP contribution >= 0.6 is 12.6 Å². The molecule has 0 radical (unpaired) electrons. The molecule has 1 atom stereocenters. The highest BCUT2D eigenvalue weighted by atomic mass is 32.2. The lowest BCUT2D eigenvalue weighted by molar-refractivity contribution is 0.250. The lowest BCUT2D eigenvalue weighted by Gasteiger charge is -2.24. The zero-order valence-electron chi connectivity index (χ0n) is 10.1. The first-order chi connectivity index (χ1) is 7.57. The summed E-state index contributed by atoms with van der Waals surface area (Å²) in [4.78, 5) is 2.29. The number of nitrogens with zero attached hydrogens (tertiary/aromatic N) is 1. The van der Waals surface area contributed by atoms with E-state index in [1.54, 1.807) is 0 Å². The van der Waals surface area contributed by atoms with E-state index in [9.17, 15) is 8.42 Å². The van der Waals surface area contributed by atoms with Gasteiger partial charge in [0.1, 0.15) is 0 Å². The SMILES string of the molecule is CCCC(CS)CN1CCCS(=O)(=O)CC1. The van der Waals surface area contributed by atoms with Gasteiger partial charge in [0.2, 0.25) is 0 Å². The van der Waals surface area contributed by atoms with E-state index in [0.29, 0.717) is 24.0 Å². The van der Waals surface area contributed by atoms with Crippen molar-refractivity contribution in [2.24, 2.45) is 5.92 Å². The molecule has 0 aromatic carbocycles. The summed E-state index contributed by atoms with van der Waals surface area (Å²) in [5.41, 5.74) is 0. The maximum Gasteiger partial charge on any atom is 0.151 e. The lowest BCUT2D eigenvalue weighted by Crippen LogP contribution is -2.32. The van der Waals surface area contributed by atoms with Crippen molar-refractivity contribution < 1.29 is 8.42 Å². The van der Waals surface area contributed by atoms with E-state index in [1.807, 2.05) is 0 Å². The summed E-state index contributed by atoms with van der Waals surface area (Å²) < 4.78 is 22.9. The third kappa shape index (κ3) is 5.06. The van der Waals surface area contributed by atoms with Gasteiger partial charge in [-0.3, -0.25) is 0 Å². The Morgan fingerprint density at radius 3 is 2.69 bits per heavy atom. The summed E-state index contributed by atoms with van der Waals surface area (Å²) in [6.07, 6.45) is 3.15. The van der Waals surface area contributed by atoms with Crippen LogP contribution in [0.5, 0.6) is 0 Å². The molecular formula is C11H23NO2S2. The normalized spacial score (nSPS) is 23.9. The summed E-state index contributed by atoms with van der Waals surface area (Å²) in [5.74, 6) is 2.20. The molecule has 96 valence electrons. The van der Waals surface area contributed by atoms with E-state index in [2.05, 4.69) is 24.5 Å². The second-order valence-electron chi connectivity index (χ2n) is 4.64. The molecule has 1 aliphatic rings. The molecule has 0 aliphatic carbocycles. The van der Waals surface area contributed by atoms with Crippen LogP contribution in [0.15, 0.2) is 0 Å². The first-order valence-corrected chi connectivity index (χ1v) is 8.56. The molecule has 1 heterocycles. The van der Waals surface area contributed by atoms with Gasteiger partial charge in [-0.15, -0.1) is 0 Å². The molecule has 0 N–H and O–H groups in total. The second-order valence-corrected chi connectivity index (χ2v) is 7.31. The summed E-state index contributed by atoms with van der Waals surface area (Å²) in [6, 6.07) is 0. The molecule has 0 aromatic heterocycles. The smallest absolute Gasteiger partial charge is 0.151 e. The van der Waals surface area contributed by atoms with Crippen molar-refractivity contribution in [1.82, 2.24) is 4.90 Å². The quantitative estimate of drug-likeness (QED) is 0.765. The van der Waals surface area contributed by atoms with Gasteiger partial charge in [-0.1, -0.05) is 13.3 Å². The van der Waals surface area contributed by atoms with E-state index in [4.69, 9.17) is 0 Å². The van der Waals surface area contributed by atoms with Crippen LogP contribution < -0.4 is 0 Å². The van der Waals surface area contributed by atoms with Crippen LogP contribution in [0.3, 0.4) is 0 Å². The standard InChI is InChI=1S/C11H23NO2S2/c1-2-4-11(10-15)9-12-5-3-7-16(13,14)8-6-12/h11,15H,2-10H2,1H3. The second kappa shape index (κ2) is 6.87. The van der Waals surface area contributed by atoms with Crippen molar-refractivity contribution in [1.29, 1.82) is 0 Å². The number of rotatable bonds is 5. The molecule has 5 heteroatoms. The molecular weight excluding hydrogens is 242 g/mol. The van der Waals surface area contributed by atoms with E-state index < -0.39 is 9.84 Å². The molecule has 0 spiro atoms. The Balaban J connectivity index is 2.42. The first kappa shape index (κ1) is 14.3. The fourth-order valence-corrected chi connectivity index (χ4v) is 3.79. The molecule has 0 saturated carbocycles. The van der Waals surface area contributed by atoms with E-state index >= 15 is 0 Å². The van der Waals surface area contributed by atoms with Gasteiger partial charge in [0.15, 0.2) is 9.84 Å². The average Bonchev–Trinajstić information content (AvgIpc) is 2.40. The summed E-state index contributed by atoms with van der Waals surface area (Å²) >= 11 is 4.37. The van der Waals surface area contributed by atoms with Crippen LogP contribution in [-0.4, -0.2) is 50.2 Å². The molecule has 16 heavy (non-hydrogen) atoms. The van der Waals surface area contributed by atoms with Gasteiger partial charge >= 0.3 is 0 Å². The van der Waals surface area contributed by atoms with Crippen LogP contribution in [0.2, 0.25) is 0 Å². The van der Waals surface area contributed by atoms with Crippen LogP contribution in [-0.2, 0) is 9.84 Å². The maximum absolute atomic E-state index is 11.5. The third-order valence-corrected chi connectivity index (χ3v) is 5.35. The number of sulfone groups is 1. The van der Waals surface area contributed by atoms with Gasteiger partial charge in [-0.05, 0) is 31.1 Å². The van der Waals surface area contributed by atoms with Crippen LogP contribution in [0.1, 0.15) is 26.2 Å². The highest BCUT2D eigenvalue weighted by molar-refractivity contribution is 7.91. The van der Waals surface area contributed by atoms with E-state index in [1.165, 1.54) is 12.8 Å². The molecule has 0 aromatic rings. The molecule has 1 aliphatic heterocycles. The van der Waals surface area contributed by atoms with Crippen LogP contribution in [0.25, 0.3) is 0 Å². The number of thiol groups is 1. The van der Waals surface area contributed by atoms with Crippen LogP contribution in [0, 0.1) is 5.92 Å². The summed E-state index contributed by atoms with van der Waals surface area (Å²) in [5, 5.41) is 0. The Morgan fingerprint density at radius 2 is 2.06 bits per heavy atom. The Morgan fingerprint density at radius 1 is 1.31 bits per heavy atom. The van der Waals surface area contributed by atoms with Crippen molar-refractivity contribution in [2.75, 3.05) is 36.9 Å². The minimum absolute atomic E-state index is 0.332. The average molecular weight is 265 g/mol. The molecule has 1 fully saturated rings. The van der Waals surface area contributed by atoms with Crippen molar-refractivity contribution in [2.45, 2.75) is 26.2 Å². The predicted octanol–water partition coefficient (Wildman–Crippen LogP) is 1.45. The molecule has 1 rings (SSSR count). The van der Waals surface area contributed by atoms with Crippen molar-refractivity contribution in [3.63, 3.8) is 0 Å². The van der Waals surface area contributed by atoms with Gasteiger partial charge in [-0.25, -0.2) is 8.42 Å². The zero-order chi connectivity index (χ0) is 12.0. The summed E-state index contributed by atoms with van der Waals surface area (Å²) in [6.45, 7) is 4.82. The van der Waals surface area contributed by atoms with Crippen molar-refractivity contribution in [3.8, 4) is 0 Å². The molecule has 1 unspecified atom stereocenters. The van der Waals surface area contributed by atoms with Crippen LogP contribution in [0.4, 0.5) is 0 Å². The maximum atomic E-state index is 11.5. The first-order valence-electron chi connectivity index (χ1n) is 6.11. The van der Waals surface area contributed by atoms with Gasteiger partial charge < -0.3 is 4.90 Å². The Hall–Kier alpha value is 0.260. The predicted molar refractivity (Wildman–Crippen MR) is 72.0 cm³/mol. The van der Waals surface area contributed by atoms with Gasteiger partial charge in [0.25, 0.3) is 0 Å². The Labute approximate surface area is 105 Å². The zero-order valence-corrected chi connectivity index (χ0v) is 11.8. The Kier molecular flexibility index (Phi) is 6.15. The molecule has 3 nitrogen and oxygen atoms in total. The van der Waals surface area contributed by atoms with Gasteiger partial charge in [-0.2, -0.15) is 12.6 Å². The van der Waals surface area contributed by atoms with Crippen molar-refractivity contribution >= 4 is 22.5 Å². The monoisotopic (exact) mass is 265 g/mol. The number of hydrogen-bond acceptors (Lipinski definition) is 4. The molecule has 0 amide bonds.